The van der Waals surface area contributed by atoms with Gasteiger partial charge in [-0.3, -0.25) is 4.79 Å². The minimum atomic E-state index is -0.146. The van der Waals surface area contributed by atoms with E-state index in [4.69, 9.17) is 23.2 Å². The summed E-state index contributed by atoms with van der Waals surface area (Å²) in [6.07, 6.45) is 1.59. The highest BCUT2D eigenvalue weighted by Crippen LogP contribution is 2.34. The van der Waals surface area contributed by atoms with Crippen molar-refractivity contribution in [1.29, 1.82) is 0 Å². The third kappa shape index (κ3) is 3.02. The highest BCUT2D eigenvalue weighted by Gasteiger charge is 2.16. The average Bonchev–Trinajstić information content (AvgIpc) is 2.91. The molecule has 0 saturated heterocycles. The molecular weight excluding hydrogens is 335 g/mol. The van der Waals surface area contributed by atoms with E-state index in [0.717, 1.165) is 0 Å². The number of H-pyrrole nitrogens is 1. The number of carbonyl (C=O) groups is 1. The number of carbonyl (C=O) groups excluding carboxylic acids is 1. The van der Waals surface area contributed by atoms with E-state index < -0.39 is 0 Å². The second-order valence-electron chi connectivity index (χ2n) is 5.38. The van der Waals surface area contributed by atoms with Gasteiger partial charge in [0.15, 0.2) is 5.82 Å². The first kappa shape index (κ1) is 15.8. The van der Waals surface area contributed by atoms with Crippen molar-refractivity contribution < 1.29 is 4.79 Å². The number of benzene rings is 1. The molecule has 1 amide bonds. The summed E-state index contributed by atoms with van der Waals surface area (Å²) < 4.78 is 0. The molecule has 0 fully saturated rings. The van der Waals surface area contributed by atoms with Crippen LogP contribution < -0.4 is 5.32 Å². The van der Waals surface area contributed by atoms with Crippen molar-refractivity contribution in [2.24, 2.45) is 5.92 Å². The third-order valence-electron chi connectivity index (χ3n) is 3.37. The standard InChI is InChI=1S/C16H14Cl2N4O/c1-8(2)16(23)22-15-13-11(6-7-19-15)20-14(21-13)12-9(17)4-3-5-10(12)18/h3-8H,1-2H3,(H,20,21)(H,19,22,23). The molecule has 2 aromatic heterocycles. The molecule has 0 unspecified atom stereocenters. The molecule has 2 N–H and O–H groups in total. The molecule has 23 heavy (non-hydrogen) atoms. The largest absolute Gasteiger partial charge is 0.335 e. The van der Waals surface area contributed by atoms with Crippen LogP contribution in [-0.4, -0.2) is 20.9 Å². The predicted octanol–water partition coefficient (Wildman–Crippen LogP) is 4.53. The van der Waals surface area contributed by atoms with Crippen molar-refractivity contribution in [3.05, 3.63) is 40.5 Å². The Morgan fingerprint density at radius 3 is 2.57 bits per heavy atom. The zero-order chi connectivity index (χ0) is 16.6. The Morgan fingerprint density at radius 1 is 1.22 bits per heavy atom. The molecule has 0 atom stereocenters. The number of aromatic nitrogens is 3. The van der Waals surface area contributed by atoms with Crippen molar-refractivity contribution in [3.63, 3.8) is 0 Å². The van der Waals surface area contributed by atoms with Gasteiger partial charge in [0.05, 0.1) is 21.1 Å². The van der Waals surface area contributed by atoms with Gasteiger partial charge in [0.2, 0.25) is 5.91 Å². The lowest BCUT2D eigenvalue weighted by Gasteiger charge is -2.07. The quantitative estimate of drug-likeness (QED) is 0.730. The molecule has 118 valence electrons. The number of anilines is 1. The number of amides is 1. The lowest BCUT2D eigenvalue weighted by molar-refractivity contribution is -0.118. The Bertz CT molecular complexity index is 869. The van der Waals surface area contributed by atoms with Gasteiger partial charge in [0, 0.05) is 12.1 Å². The number of fused-ring (bicyclic) bond motifs is 1. The number of nitrogens with zero attached hydrogens (tertiary/aromatic N) is 2. The van der Waals surface area contributed by atoms with Gasteiger partial charge in [-0.2, -0.15) is 0 Å². The Labute approximate surface area is 143 Å². The van der Waals surface area contributed by atoms with Crippen molar-refractivity contribution >= 4 is 46.0 Å². The molecule has 7 heteroatoms. The van der Waals surface area contributed by atoms with E-state index in [0.29, 0.717) is 38.3 Å². The normalized spacial score (nSPS) is 11.2. The Hall–Kier alpha value is -2.11. The van der Waals surface area contributed by atoms with Crippen LogP contribution in [0.5, 0.6) is 0 Å². The SMILES string of the molecule is CC(C)C(=O)Nc1nccc2nc(-c3c(Cl)cccc3Cl)[nH]c12. The number of rotatable bonds is 3. The van der Waals surface area contributed by atoms with Crippen LogP contribution in [-0.2, 0) is 4.79 Å². The van der Waals surface area contributed by atoms with E-state index in [1.54, 1.807) is 30.5 Å². The smallest absolute Gasteiger partial charge is 0.228 e. The Balaban J connectivity index is 2.11. The van der Waals surface area contributed by atoms with Crippen LogP contribution in [0.1, 0.15) is 13.8 Å². The number of imidazole rings is 1. The van der Waals surface area contributed by atoms with Crippen LogP contribution >= 0.6 is 23.2 Å². The third-order valence-corrected chi connectivity index (χ3v) is 4.00. The fourth-order valence-corrected chi connectivity index (χ4v) is 2.71. The van der Waals surface area contributed by atoms with E-state index >= 15 is 0 Å². The second kappa shape index (κ2) is 6.18. The van der Waals surface area contributed by atoms with Crippen LogP contribution in [0.25, 0.3) is 22.4 Å². The van der Waals surface area contributed by atoms with Crippen LogP contribution in [0.3, 0.4) is 0 Å². The minimum absolute atomic E-state index is 0.114. The molecule has 0 aliphatic carbocycles. The number of aromatic amines is 1. The molecule has 5 nitrogen and oxygen atoms in total. The highest BCUT2D eigenvalue weighted by molar-refractivity contribution is 6.39. The lowest BCUT2D eigenvalue weighted by Crippen LogP contribution is -2.18. The highest BCUT2D eigenvalue weighted by atomic mass is 35.5. The van der Waals surface area contributed by atoms with Crippen molar-refractivity contribution in [1.82, 2.24) is 15.0 Å². The monoisotopic (exact) mass is 348 g/mol. The number of halogens is 2. The van der Waals surface area contributed by atoms with Crippen molar-refractivity contribution in [2.45, 2.75) is 13.8 Å². The van der Waals surface area contributed by atoms with E-state index in [2.05, 4.69) is 20.3 Å². The minimum Gasteiger partial charge on any atom is -0.335 e. The summed E-state index contributed by atoms with van der Waals surface area (Å²) in [7, 11) is 0. The Morgan fingerprint density at radius 2 is 1.91 bits per heavy atom. The zero-order valence-corrected chi connectivity index (χ0v) is 14.0. The molecule has 0 spiro atoms. The van der Waals surface area contributed by atoms with Crippen LogP contribution in [0.4, 0.5) is 5.82 Å². The van der Waals surface area contributed by atoms with Gasteiger partial charge >= 0.3 is 0 Å². The van der Waals surface area contributed by atoms with E-state index in [1.807, 2.05) is 13.8 Å². The molecule has 0 bridgehead atoms. The molecular formula is C16H14Cl2N4O. The van der Waals surface area contributed by atoms with Crippen LogP contribution in [0.2, 0.25) is 10.0 Å². The van der Waals surface area contributed by atoms with Crippen molar-refractivity contribution in [3.8, 4) is 11.4 Å². The van der Waals surface area contributed by atoms with Gasteiger partial charge in [-0.25, -0.2) is 9.97 Å². The zero-order valence-electron chi connectivity index (χ0n) is 12.5. The molecule has 0 aliphatic heterocycles. The first-order valence-corrected chi connectivity index (χ1v) is 7.83. The van der Waals surface area contributed by atoms with E-state index in [9.17, 15) is 4.79 Å². The van der Waals surface area contributed by atoms with Crippen LogP contribution in [0.15, 0.2) is 30.5 Å². The predicted molar refractivity (Wildman–Crippen MR) is 92.8 cm³/mol. The first-order chi connectivity index (χ1) is 11.0. The molecule has 3 aromatic rings. The summed E-state index contributed by atoms with van der Waals surface area (Å²) in [6, 6.07) is 7.02. The van der Waals surface area contributed by atoms with E-state index in [1.165, 1.54) is 0 Å². The first-order valence-electron chi connectivity index (χ1n) is 7.07. The van der Waals surface area contributed by atoms with Gasteiger partial charge in [-0.1, -0.05) is 43.1 Å². The molecule has 1 aromatic carbocycles. The summed E-state index contributed by atoms with van der Waals surface area (Å²) in [4.78, 5) is 23.8. The summed E-state index contributed by atoms with van der Waals surface area (Å²) in [5, 5.41) is 3.79. The summed E-state index contributed by atoms with van der Waals surface area (Å²) in [5.74, 6) is 0.705. The maximum atomic E-state index is 11.9. The number of hydrogen-bond acceptors (Lipinski definition) is 3. The maximum absolute atomic E-state index is 11.9. The number of nitrogens with one attached hydrogen (secondary N) is 2. The van der Waals surface area contributed by atoms with Gasteiger partial charge in [-0.05, 0) is 18.2 Å². The van der Waals surface area contributed by atoms with E-state index in [-0.39, 0.29) is 11.8 Å². The van der Waals surface area contributed by atoms with Gasteiger partial charge in [-0.15, -0.1) is 0 Å². The fraction of sp³-hybridized carbons (Fsp3) is 0.188. The molecule has 0 saturated carbocycles. The number of hydrogen-bond donors (Lipinski definition) is 2. The van der Waals surface area contributed by atoms with Crippen LogP contribution in [0, 0.1) is 5.92 Å². The second-order valence-corrected chi connectivity index (χ2v) is 6.19. The molecule has 0 radical (unpaired) electrons. The topological polar surface area (TPSA) is 70.7 Å². The van der Waals surface area contributed by atoms with Gasteiger partial charge in [0.25, 0.3) is 0 Å². The Kier molecular flexibility index (Phi) is 4.24. The summed E-state index contributed by atoms with van der Waals surface area (Å²) in [6.45, 7) is 3.63. The summed E-state index contributed by atoms with van der Waals surface area (Å²) in [5.41, 5.74) is 1.92. The van der Waals surface area contributed by atoms with Gasteiger partial charge in [0.1, 0.15) is 11.3 Å². The molecule has 3 rings (SSSR count). The lowest BCUT2D eigenvalue weighted by atomic mass is 10.2. The molecule has 2 heterocycles. The fourth-order valence-electron chi connectivity index (χ4n) is 2.13. The van der Waals surface area contributed by atoms with Gasteiger partial charge < -0.3 is 10.3 Å². The summed E-state index contributed by atoms with van der Waals surface area (Å²) >= 11 is 12.5. The average molecular weight is 349 g/mol. The number of pyridine rings is 1. The molecule has 0 aliphatic rings. The van der Waals surface area contributed by atoms with Crippen molar-refractivity contribution in [2.75, 3.05) is 5.32 Å². The maximum Gasteiger partial charge on any atom is 0.228 e.